The van der Waals surface area contributed by atoms with Crippen LogP contribution in [0, 0.1) is 0 Å². The quantitative estimate of drug-likeness (QED) is 0.479. The van der Waals surface area contributed by atoms with Crippen molar-refractivity contribution in [2.24, 2.45) is 0 Å². The molecular formula is C13H17N3O3. The van der Waals surface area contributed by atoms with E-state index in [0.29, 0.717) is 25.4 Å². The van der Waals surface area contributed by atoms with Gasteiger partial charge in [-0.1, -0.05) is 12.1 Å². The van der Waals surface area contributed by atoms with E-state index in [9.17, 15) is 4.79 Å². The molecule has 1 aromatic carbocycles. The number of carbonyl (C=O) groups excluding carboxylic acids is 1. The lowest BCUT2D eigenvalue weighted by atomic mass is 10.1. The highest BCUT2D eigenvalue weighted by Gasteiger charge is 2.14. The van der Waals surface area contributed by atoms with Crippen LogP contribution in [0.15, 0.2) is 24.4 Å². The van der Waals surface area contributed by atoms with Gasteiger partial charge in [0.25, 0.3) is 0 Å². The molecule has 6 heteroatoms. The molecule has 0 aliphatic heterocycles. The van der Waals surface area contributed by atoms with Crippen LogP contribution < -0.4 is 5.32 Å². The molecule has 2 rings (SSSR count). The number of ether oxygens (including phenoxy) is 2. The van der Waals surface area contributed by atoms with Gasteiger partial charge in [0.15, 0.2) is 0 Å². The van der Waals surface area contributed by atoms with Gasteiger partial charge in [-0.15, -0.1) is 0 Å². The monoisotopic (exact) mass is 263 g/mol. The van der Waals surface area contributed by atoms with Gasteiger partial charge < -0.3 is 9.47 Å². The number of aromatic nitrogens is 2. The molecule has 0 aliphatic rings. The van der Waals surface area contributed by atoms with Crippen LogP contribution in [-0.2, 0) is 16.0 Å². The highest BCUT2D eigenvalue weighted by molar-refractivity contribution is 6.02. The van der Waals surface area contributed by atoms with Crippen LogP contribution in [0.5, 0.6) is 0 Å². The Kier molecular flexibility index (Phi) is 4.48. The van der Waals surface area contributed by atoms with Crippen LogP contribution in [-0.4, -0.2) is 43.2 Å². The van der Waals surface area contributed by atoms with Crippen molar-refractivity contribution < 1.29 is 14.3 Å². The Morgan fingerprint density at radius 2 is 2.26 bits per heavy atom. The second-order valence-electron chi connectivity index (χ2n) is 4.04. The molecule has 1 N–H and O–H groups in total. The zero-order valence-electron chi connectivity index (χ0n) is 11.0. The minimum absolute atomic E-state index is 0.350. The molecule has 0 amide bonds. The Morgan fingerprint density at radius 3 is 3.00 bits per heavy atom. The molecule has 0 radical (unpaired) electrons. The molecule has 0 saturated carbocycles. The van der Waals surface area contributed by atoms with Gasteiger partial charge in [0, 0.05) is 19.0 Å². The second kappa shape index (κ2) is 6.31. The van der Waals surface area contributed by atoms with Crippen molar-refractivity contribution >= 4 is 16.9 Å². The van der Waals surface area contributed by atoms with E-state index < -0.39 is 0 Å². The number of methoxy groups -OCH3 is 2. The number of hydrogen-bond donors (Lipinski definition) is 1. The number of benzene rings is 1. The first-order valence-electron chi connectivity index (χ1n) is 6.00. The van der Waals surface area contributed by atoms with E-state index in [1.165, 1.54) is 7.11 Å². The zero-order chi connectivity index (χ0) is 13.7. The van der Waals surface area contributed by atoms with E-state index >= 15 is 0 Å². The van der Waals surface area contributed by atoms with Crippen molar-refractivity contribution in [1.29, 1.82) is 0 Å². The molecule has 0 bridgehead atoms. The van der Waals surface area contributed by atoms with E-state index in [4.69, 9.17) is 9.47 Å². The van der Waals surface area contributed by atoms with E-state index in [-0.39, 0.29) is 5.97 Å². The summed E-state index contributed by atoms with van der Waals surface area (Å²) in [5.74, 6) is -0.350. The number of esters is 1. The number of para-hydroxylation sites is 1. The fraction of sp³-hybridized carbons (Fsp3) is 0.385. The van der Waals surface area contributed by atoms with Crippen molar-refractivity contribution in [1.82, 2.24) is 15.1 Å². The van der Waals surface area contributed by atoms with E-state index in [0.717, 1.165) is 10.9 Å². The number of fused-ring (bicyclic) bond motifs is 1. The lowest BCUT2D eigenvalue weighted by Crippen LogP contribution is -2.22. The zero-order valence-corrected chi connectivity index (χ0v) is 11.0. The molecule has 0 unspecified atom stereocenters. The molecule has 1 aromatic heterocycles. The normalized spacial score (nSPS) is 10.8. The van der Waals surface area contributed by atoms with Crippen molar-refractivity contribution in [3.05, 3.63) is 30.0 Å². The third kappa shape index (κ3) is 2.91. The molecule has 19 heavy (non-hydrogen) atoms. The average molecular weight is 263 g/mol. The number of nitrogens with zero attached hydrogens (tertiary/aromatic N) is 2. The van der Waals surface area contributed by atoms with Gasteiger partial charge in [-0.25, -0.2) is 4.79 Å². The van der Waals surface area contributed by atoms with Gasteiger partial charge in [0.1, 0.15) is 0 Å². The summed E-state index contributed by atoms with van der Waals surface area (Å²) in [7, 11) is 3.01. The van der Waals surface area contributed by atoms with Crippen molar-refractivity contribution in [2.75, 3.05) is 27.5 Å². The predicted molar refractivity (Wildman–Crippen MR) is 71.0 cm³/mol. The molecule has 1 heterocycles. The minimum Gasteiger partial charge on any atom is -0.465 e. The number of hydrogen-bond acceptors (Lipinski definition) is 5. The van der Waals surface area contributed by atoms with Crippen molar-refractivity contribution in [3.8, 4) is 0 Å². The van der Waals surface area contributed by atoms with Gasteiger partial charge in [0.05, 0.1) is 37.7 Å². The van der Waals surface area contributed by atoms with Crippen LogP contribution in [0.1, 0.15) is 10.4 Å². The fourth-order valence-electron chi connectivity index (χ4n) is 1.95. The molecule has 0 fully saturated rings. The van der Waals surface area contributed by atoms with Gasteiger partial charge in [-0.3, -0.25) is 10.00 Å². The summed E-state index contributed by atoms with van der Waals surface area (Å²) in [6.07, 6.45) is 1.75. The van der Waals surface area contributed by atoms with Crippen molar-refractivity contribution in [2.45, 2.75) is 6.54 Å². The number of rotatable bonds is 6. The molecule has 0 atom stereocenters. The number of carbonyl (C=O) groups is 1. The van der Waals surface area contributed by atoms with Crippen molar-refractivity contribution in [3.63, 3.8) is 0 Å². The number of nitrogens with one attached hydrogen (secondary N) is 1. The summed E-state index contributed by atoms with van der Waals surface area (Å²) in [4.78, 5) is 11.8. The Labute approximate surface area is 111 Å². The highest BCUT2D eigenvalue weighted by Crippen LogP contribution is 2.19. The summed E-state index contributed by atoms with van der Waals surface area (Å²) in [6.45, 7) is 1.85. The van der Waals surface area contributed by atoms with E-state index in [2.05, 4.69) is 10.4 Å². The first kappa shape index (κ1) is 13.5. The average Bonchev–Trinajstić information content (AvgIpc) is 2.86. The maximum absolute atomic E-state index is 11.8. The first-order chi connectivity index (χ1) is 9.27. The van der Waals surface area contributed by atoms with Crippen LogP contribution in [0.3, 0.4) is 0 Å². The summed E-state index contributed by atoms with van der Waals surface area (Å²) in [5.41, 5.74) is 1.33. The predicted octanol–water partition coefficient (Wildman–Crippen LogP) is 1.02. The fourth-order valence-corrected chi connectivity index (χ4v) is 1.95. The molecule has 0 aliphatic carbocycles. The Hall–Kier alpha value is -1.92. The largest absolute Gasteiger partial charge is 0.465 e. The molecular weight excluding hydrogens is 246 g/mol. The second-order valence-corrected chi connectivity index (χ2v) is 4.04. The third-order valence-corrected chi connectivity index (χ3v) is 2.81. The maximum Gasteiger partial charge on any atom is 0.340 e. The first-order valence-corrected chi connectivity index (χ1v) is 6.00. The summed E-state index contributed by atoms with van der Waals surface area (Å²) < 4.78 is 11.5. The Morgan fingerprint density at radius 1 is 1.42 bits per heavy atom. The minimum atomic E-state index is -0.350. The van der Waals surface area contributed by atoms with Crippen LogP contribution >= 0.6 is 0 Å². The maximum atomic E-state index is 11.8. The Balaban J connectivity index is 2.26. The molecule has 6 nitrogen and oxygen atoms in total. The summed E-state index contributed by atoms with van der Waals surface area (Å²) >= 11 is 0. The molecule has 102 valence electrons. The lowest BCUT2D eigenvalue weighted by molar-refractivity contribution is 0.0602. The standard InChI is InChI=1S/C13H17N3O3/c1-18-9-14-6-7-16-12-10(8-15-16)4-3-5-11(12)13(17)19-2/h3-5,8,14H,6-7,9H2,1-2H3. The van der Waals surface area contributed by atoms with Gasteiger partial charge >= 0.3 is 5.97 Å². The van der Waals surface area contributed by atoms with Gasteiger partial charge in [-0.05, 0) is 6.07 Å². The van der Waals surface area contributed by atoms with E-state index in [1.807, 2.05) is 12.1 Å². The Bertz CT molecular complexity index is 565. The van der Waals surface area contributed by atoms with Crippen LogP contribution in [0.25, 0.3) is 10.9 Å². The molecule has 0 saturated heterocycles. The third-order valence-electron chi connectivity index (χ3n) is 2.81. The summed E-state index contributed by atoms with van der Waals surface area (Å²) in [6, 6.07) is 5.49. The molecule has 0 spiro atoms. The van der Waals surface area contributed by atoms with E-state index in [1.54, 1.807) is 24.1 Å². The van der Waals surface area contributed by atoms with Gasteiger partial charge in [0.2, 0.25) is 0 Å². The highest BCUT2D eigenvalue weighted by atomic mass is 16.5. The lowest BCUT2D eigenvalue weighted by Gasteiger charge is -2.07. The SMILES string of the molecule is COCNCCn1ncc2cccc(C(=O)OC)c21. The van der Waals surface area contributed by atoms with Crippen LogP contribution in [0.4, 0.5) is 0 Å². The molecule has 2 aromatic rings. The topological polar surface area (TPSA) is 65.4 Å². The van der Waals surface area contributed by atoms with Crippen LogP contribution in [0.2, 0.25) is 0 Å². The summed E-state index contributed by atoms with van der Waals surface area (Å²) in [5, 5.41) is 8.33. The van der Waals surface area contributed by atoms with Gasteiger partial charge in [-0.2, -0.15) is 5.10 Å². The smallest absolute Gasteiger partial charge is 0.340 e.